The number of benzene rings is 1. The highest BCUT2D eigenvalue weighted by molar-refractivity contribution is 9.11. The van der Waals surface area contributed by atoms with E-state index in [0.717, 1.165) is 21.1 Å². The lowest BCUT2D eigenvalue weighted by molar-refractivity contribution is 0.459. The Balaban J connectivity index is 1.72. The van der Waals surface area contributed by atoms with E-state index in [-0.39, 0.29) is 5.75 Å². The van der Waals surface area contributed by atoms with Gasteiger partial charge in [0.2, 0.25) is 0 Å². The van der Waals surface area contributed by atoms with Crippen LogP contribution < -0.4 is 5.32 Å². The molecule has 1 aromatic carbocycles. The standard InChI is InChI=1S/C15H15Br2NOS/c16-11-6-9(7-12(17)15(11)19)8-18-13-2-1-3-14-10(13)4-5-20-14/h4-7,13,18-19H,1-3,8H2. The van der Waals surface area contributed by atoms with Crippen molar-refractivity contribution in [2.45, 2.75) is 31.8 Å². The van der Waals surface area contributed by atoms with Crippen molar-refractivity contribution < 1.29 is 5.11 Å². The number of nitrogens with one attached hydrogen (secondary N) is 1. The van der Waals surface area contributed by atoms with Crippen LogP contribution in [0, 0.1) is 0 Å². The lowest BCUT2D eigenvalue weighted by Crippen LogP contribution is -2.23. The van der Waals surface area contributed by atoms with Crippen LogP contribution in [0.4, 0.5) is 0 Å². The van der Waals surface area contributed by atoms with Crippen molar-refractivity contribution in [1.82, 2.24) is 5.32 Å². The minimum atomic E-state index is 0.256. The molecule has 20 heavy (non-hydrogen) atoms. The highest BCUT2D eigenvalue weighted by Crippen LogP contribution is 2.35. The maximum Gasteiger partial charge on any atom is 0.143 e. The second-order valence-electron chi connectivity index (χ2n) is 5.03. The number of hydrogen-bond donors (Lipinski definition) is 2. The summed E-state index contributed by atoms with van der Waals surface area (Å²) in [5.74, 6) is 0.256. The first-order valence-corrected chi connectivity index (χ1v) is 9.08. The fraction of sp³-hybridized carbons (Fsp3) is 0.333. The van der Waals surface area contributed by atoms with Gasteiger partial charge in [0.1, 0.15) is 5.75 Å². The van der Waals surface area contributed by atoms with Crippen molar-refractivity contribution in [3.63, 3.8) is 0 Å². The molecule has 5 heteroatoms. The molecule has 1 aromatic heterocycles. The van der Waals surface area contributed by atoms with Crippen molar-refractivity contribution >= 4 is 43.2 Å². The van der Waals surface area contributed by atoms with Gasteiger partial charge in [-0.05, 0) is 85.8 Å². The molecule has 0 saturated carbocycles. The minimum Gasteiger partial charge on any atom is -0.506 e. The largest absolute Gasteiger partial charge is 0.506 e. The van der Waals surface area contributed by atoms with Crippen LogP contribution >= 0.6 is 43.2 Å². The van der Waals surface area contributed by atoms with Crippen molar-refractivity contribution in [3.05, 3.63) is 48.5 Å². The lowest BCUT2D eigenvalue weighted by atomic mass is 9.94. The van der Waals surface area contributed by atoms with E-state index in [4.69, 9.17) is 0 Å². The Kier molecular flexibility index (Phi) is 4.50. The summed E-state index contributed by atoms with van der Waals surface area (Å²) in [5, 5.41) is 15.6. The van der Waals surface area contributed by atoms with Gasteiger partial charge in [0.05, 0.1) is 8.95 Å². The molecule has 0 spiro atoms. The van der Waals surface area contributed by atoms with Crippen molar-refractivity contribution in [2.24, 2.45) is 0 Å². The predicted molar refractivity (Wildman–Crippen MR) is 90.3 cm³/mol. The third-order valence-corrected chi connectivity index (χ3v) is 5.89. The normalized spacial score (nSPS) is 18.0. The van der Waals surface area contributed by atoms with E-state index in [2.05, 4.69) is 48.6 Å². The molecule has 2 aromatic rings. The van der Waals surface area contributed by atoms with Gasteiger partial charge in [-0.1, -0.05) is 0 Å². The third kappa shape index (κ3) is 2.96. The van der Waals surface area contributed by atoms with Crippen LogP contribution in [0.25, 0.3) is 0 Å². The zero-order valence-electron chi connectivity index (χ0n) is 10.8. The molecule has 1 aliphatic rings. The minimum absolute atomic E-state index is 0.256. The fourth-order valence-electron chi connectivity index (χ4n) is 2.66. The van der Waals surface area contributed by atoms with Crippen LogP contribution in [-0.2, 0) is 13.0 Å². The molecule has 3 rings (SSSR count). The third-order valence-electron chi connectivity index (χ3n) is 3.68. The van der Waals surface area contributed by atoms with Crippen molar-refractivity contribution in [2.75, 3.05) is 0 Å². The molecule has 1 aliphatic carbocycles. The summed E-state index contributed by atoms with van der Waals surface area (Å²) >= 11 is 8.62. The first-order valence-electron chi connectivity index (χ1n) is 6.61. The van der Waals surface area contributed by atoms with E-state index in [9.17, 15) is 5.11 Å². The maximum absolute atomic E-state index is 9.74. The van der Waals surface area contributed by atoms with Gasteiger partial charge in [-0.3, -0.25) is 0 Å². The van der Waals surface area contributed by atoms with Gasteiger partial charge >= 0.3 is 0 Å². The molecule has 0 saturated heterocycles. The zero-order chi connectivity index (χ0) is 14.1. The molecule has 2 nitrogen and oxygen atoms in total. The Morgan fingerprint density at radius 2 is 2.05 bits per heavy atom. The molecule has 0 radical (unpaired) electrons. The summed E-state index contributed by atoms with van der Waals surface area (Å²) in [6.45, 7) is 0.803. The van der Waals surface area contributed by atoms with Crippen molar-refractivity contribution in [1.29, 1.82) is 0 Å². The number of phenolic OH excluding ortho intramolecular Hbond substituents is 1. The van der Waals surface area contributed by atoms with E-state index in [1.807, 2.05) is 23.5 Å². The van der Waals surface area contributed by atoms with Crippen molar-refractivity contribution in [3.8, 4) is 5.75 Å². The topological polar surface area (TPSA) is 32.3 Å². The van der Waals surface area contributed by atoms with Gasteiger partial charge in [-0.15, -0.1) is 11.3 Å². The second-order valence-corrected chi connectivity index (χ2v) is 7.74. The van der Waals surface area contributed by atoms with Gasteiger partial charge < -0.3 is 10.4 Å². The summed E-state index contributed by atoms with van der Waals surface area (Å²) in [6.07, 6.45) is 3.68. The van der Waals surface area contributed by atoms with Gasteiger partial charge in [-0.25, -0.2) is 0 Å². The molecule has 2 N–H and O–H groups in total. The van der Waals surface area contributed by atoms with Crippen LogP contribution in [0.15, 0.2) is 32.5 Å². The highest BCUT2D eigenvalue weighted by atomic mass is 79.9. The van der Waals surface area contributed by atoms with E-state index >= 15 is 0 Å². The number of thiophene rings is 1. The second kappa shape index (κ2) is 6.18. The molecule has 0 aliphatic heterocycles. The summed E-state index contributed by atoms with van der Waals surface area (Å²) in [6, 6.07) is 6.63. The van der Waals surface area contributed by atoms with Crippen LogP contribution in [0.1, 0.15) is 34.9 Å². The molecule has 0 fully saturated rings. The Morgan fingerprint density at radius 1 is 1.30 bits per heavy atom. The number of phenols is 1. The molecule has 0 bridgehead atoms. The van der Waals surface area contributed by atoms with Crippen LogP contribution in [0.5, 0.6) is 5.75 Å². The smallest absolute Gasteiger partial charge is 0.143 e. The maximum atomic E-state index is 9.74. The fourth-order valence-corrected chi connectivity index (χ4v) is 4.93. The summed E-state index contributed by atoms with van der Waals surface area (Å²) in [5.41, 5.74) is 2.63. The molecular formula is C15H15Br2NOS. The van der Waals surface area contributed by atoms with Gasteiger partial charge in [0.25, 0.3) is 0 Å². The van der Waals surface area contributed by atoms with E-state index in [0.29, 0.717) is 6.04 Å². The van der Waals surface area contributed by atoms with Crippen LogP contribution in [0.2, 0.25) is 0 Å². The SMILES string of the molecule is Oc1c(Br)cc(CNC2CCCc3sccc32)cc1Br. The van der Waals surface area contributed by atoms with Gasteiger partial charge in [0.15, 0.2) is 0 Å². The molecule has 1 heterocycles. The zero-order valence-corrected chi connectivity index (χ0v) is 14.8. The number of halogens is 2. The average molecular weight is 417 g/mol. The number of hydrogen-bond acceptors (Lipinski definition) is 3. The quantitative estimate of drug-likeness (QED) is 0.725. The first-order chi connectivity index (χ1) is 9.65. The molecule has 0 amide bonds. The first kappa shape index (κ1) is 14.6. The highest BCUT2D eigenvalue weighted by Gasteiger charge is 2.20. The average Bonchev–Trinajstić information content (AvgIpc) is 2.91. The number of aryl methyl sites for hydroxylation is 1. The Hall–Kier alpha value is -0.360. The Morgan fingerprint density at radius 3 is 2.80 bits per heavy atom. The molecule has 1 unspecified atom stereocenters. The Labute approximate surface area is 139 Å². The molecule has 1 atom stereocenters. The van der Waals surface area contributed by atoms with Gasteiger partial charge in [0, 0.05) is 17.5 Å². The predicted octanol–water partition coefficient (Wildman–Crippen LogP) is 5.15. The number of rotatable bonds is 3. The van der Waals surface area contributed by atoms with Crippen LogP contribution in [0.3, 0.4) is 0 Å². The molecular weight excluding hydrogens is 402 g/mol. The number of fused-ring (bicyclic) bond motifs is 1. The van der Waals surface area contributed by atoms with Gasteiger partial charge in [-0.2, -0.15) is 0 Å². The van der Waals surface area contributed by atoms with Crippen LogP contribution in [-0.4, -0.2) is 5.11 Å². The molecule has 106 valence electrons. The monoisotopic (exact) mass is 415 g/mol. The summed E-state index contributed by atoms with van der Waals surface area (Å²) in [4.78, 5) is 1.53. The van der Waals surface area contributed by atoms with E-state index < -0.39 is 0 Å². The number of aromatic hydroxyl groups is 1. The lowest BCUT2D eigenvalue weighted by Gasteiger charge is -2.24. The van der Waals surface area contributed by atoms with E-state index in [1.54, 1.807) is 0 Å². The summed E-state index contributed by atoms with van der Waals surface area (Å²) in [7, 11) is 0. The summed E-state index contributed by atoms with van der Waals surface area (Å²) < 4.78 is 1.45. The Bertz CT molecular complexity index is 603. The van der Waals surface area contributed by atoms with E-state index in [1.165, 1.54) is 29.7 Å².